The van der Waals surface area contributed by atoms with Crippen LogP contribution in [0.1, 0.15) is 11.3 Å². The van der Waals surface area contributed by atoms with Gasteiger partial charge >= 0.3 is 5.69 Å². The first-order chi connectivity index (χ1) is 8.00. The van der Waals surface area contributed by atoms with Crippen molar-refractivity contribution in [2.45, 2.75) is 13.5 Å². The molecule has 7 nitrogen and oxygen atoms in total. The monoisotopic (exact) mass is 236 g/mol. The van der Waals surface area contributed by atoms with Crippen molar-refractivity contribution in [1.82, 2.24) is 19.3 Å². The van der Waals surface area contributed by atoms with Gasteiger partial charge in [0, 0.05) is 13.2 Å². The topological polar surface area (TPSA) is 92.9 Å². The molecule has 0 bridgehead atoms. The van der Waals surface area contributed by atoms with Crippen LogP contribution in [0, 0.1) is 6.92 Å². The Balaban J connectivity index is 2.54. The molecule has 0 atom stereocenters. The maximum atomic E-state index is 11.6. The van der Waals surface area contributed by atoms with Crippen LogP contribution in [0.3, 0.4) is 0 Å². The molecule has 0 radical (unpaired) electrons. The van der Waals surface area contributed by atoms with Crippen molar-refractivity contribution in [2.24, 2.45) is 7.05 Å². The summed E-state index contributed by atoms with van der Waals surface area (Å²) in [7, 11) is 1.73. The van der Waals surface area contributed by atoms with Crippen LogP contribution in [0.5, 0.6) is 5.88 Å². The minimum Gasteiger partial charge on any atom is -0.494 e. The van der Waals surface area contributed by atoms with E-state index in [2.05, 4.69) is 10.1 Å². The van der Waals surface area contributed by atoms with E-state index in [1.165, 1.54) is 6.92 Å². The Morgan fingerprint density at radius 2 is 2.18 bits per heavy atom. The third-order valence-corrected chi connectivity index (χ3v) is 2.64. The number of rotatable bonds is 2. The third kappa shape index (κ3) is 1.86. The minimum absolute atomic E-state index is 0.117. The van der Waals surface area contributed by atoms with E-state index in [0.717, 1.165) is 10.3 Å². The third-order valence-electron chi connectivity index (χ3n) is 2.64. The Bertz CT molecular complexity index is 665. The summed E-state index contributed by atoms with van der Waals surface area (Å²) >= 11 is 0. The second kappa shape index (κ2) is 3.93. The predicted octanol–water partition coefficient (Wildman–Crippen LogP) is -0.668. The molecule has 0 amide bonds. The Labute approximate surface area is 96.0 Å². The molecule has 0 aliphatic rings. The number of hydrogen-bond donors (Lipinski definition) is 2. The average Bonchev–Trinajstić information content (AvgIpc) is 2.67. The van der Waals surface area contributed by atoms with Gasteiger partial charge in [-0.25, -0.2) is 4.79 Å². The van der Waals surface area contributed by atoms with E-state index in [1.807, 2.05) is 0 Å². The Hall–Kier alpha value is -2.31. The van der Waals surface area contributed by atoms with Crippen LogP contribution in [0.4, 0.5) is 0 Å². The summed E-state index contributed by atoms with van der Waals surface area (Å²) in [5.41, 5.74) is -0.353. The summed E-state index contributed by atoms with van der Waals surface area (Å²) in [6, 6.07) is 1.73. The van der Waals surface area contributed by atoms with Gasteiger partial charge < -0.3 is 5.11 Å². The largest absolute Gasteiger partial charge is 0.494 e. The van der Waals surface area contributed by atoms with Gasteiger partial charge in [0.2, 0.25) is 5.88 Å². The van der Waals surface area contributed by atoms with Crippen LogP contribution in [0.25, 0.3) is 0 Å². The smallest absolute Gasteiger partial charge is 0.331 e. The van der Waals surface area contributed by atoms with Gasteiger partial charge in [0.1, 0.15) is 0 Å². The fraction of sp³-hybridized carbons (Fsp3) is 0.300. The van der Waals surface area contributed by atoms with Gasteiger partial charge in [0.05, 0.1) is 17.8 Å². The SMILES string of the molecule is Cc1c(O)n(Cc2ccnn2C)c(=O)[nH]c1=O. The van der Waals surface area contributed by atoms with Gasteiger partial charge in [-0.15, -0.1) is 0 Å². The molecule has 7 heteroatoms. The Kier molecular flexibility index (Phi) is 2.58. The fourth-order valence-electron chi connectivity index (χ4n) is 1.52. The highest BCUT2D eigenvalue weighted by atomic mass is 16.3. The molecule has 0 saturated carbocycles. The molecule has 2 heterocycles. The van der Waals surface area contributed by atoms with Gasteiger partial charge in [0.15, 0.2) is 0 Å². The van der Waals surface area contributed by atoms with Crippen LogP contribution in [-0.2, 0) is 13.6 Å². The number of aromatic nitrogens is 4. The molecule has 0 saturated heterocycles. The van der Waals surface area contributed by atoms with Crippen molar-refractivity contribution in [3.8, 4) is 5.88 Å². The van der Waals surface area contributed by atoms with E-state index in [9.17, 15) is 14.7 Å². The molecule has 2 aromatic rings. The first kappa shape index (κ1) is 11.2. The van der Waals surface area contributed by atoms with Gasteiger partial charge in [-0.05, 0) is 13.0 Å². The van der Waals surface area contributed by atoms with Crippen molar-refractivity contribution in [3.63, 3.8) is 0 Å². The summed E-state index contributed by atoms with van der Waals surface area (Å²) in [5, 5.41) is 13.7. The van der Waals surface area contributed by atoms with E-state index in [1.54, 1.807) is 24.0 Å². The second-order valence-corrected chi connectivity index (χ2v) is 3.74. The maximum absolute atomic E-state index is 11.6. The highest BCUT2D eigenvalue weighted by Crippen LogP contribution is 2.10. The molecule has 0 spiro atoms. The van der Waals surface area contributed by atoms with E-state index >= 15 is 0 Å². The number of H-pyrrole nitrogens is 1. The van der Waals surface area contributed by atoms with Gasteiger partial charge in [-0.1, -0.05) is 0 Å². The highest BCUT2D eigenvalue weighted by molar-refractivity contribution is 5.21. The van der Waals surface area contributed by atoms with Crippen LogP contribution in [0.2, 0.25) is 0 Å². The zero-order valence-corrected chi connectivity index (χ0v) is 9.47. The summed E-state index contributed by atoms with van der Waals surface area (Å²) in [5.74, 6) is -0.319. The van der Waals surface area contributed by atoms with Crippen LogP contribution < -0.4 is 11.2 Å². The lowest BCUT2D eigenvalue weighted by Crippen LogP contribution is -2.32. The van der Waals surface area contributed by atoms with Gasteiger partial charge in [0.25, 0.3) is 5.56 Å². The van der Waals surface area contributed by atoms with Crippen molar-refractivity contribution in [1.29, 1.82) is 0 Å². The molecule has 0 aliphatic carbocycles. The average molecular weight is 236 g/mol. The summed E-state index contributed by atoms with van der Waals surface area (Å²) in [4.78, 5) is 24.9. The highest BCUT2D eigenvalue weighted by Gasteiger charge is 2.11. The van der Waals surface area contributed by atoms with E-state index in [0.29, 0.717) is 0 Å². The number of hydrogen-bond acceptors (Lipinski definition) is 4. The number of aromatic hydroxyl groups is 1. The Morgan fingerprint density at radius 1 is 1.47 bits per heavy atom. The van der Waals surface area contributed by atoms with Crippen molar-refractivity contribution >= 4 is 0 Å². The number of nitrogens with zero attached hydrogens (tertiary/aromatic N) is 3. The number of nitrogens with one attached hydrogen (secondary N) is 1. The summed E-state index contributed by atoms with van der Waals surface area (Å²) in [6.45, 7) is 1.60. The summed E-state index contributed by atoms with van der Waals surface area (Å²) in [6.07, 6.45) is 1.59. The maximum Gasteiger partial charge on any atom is 0.331 e. The van der Waals surface area contributed by atoms with Crippen LogP contribution in [0.15, 0.2) is 21.9 Å². The summed E-state index contributed by atoms with van der Waals surface area (Å²) < 4.78 is 2.68. The van der Waals surface area contributed by atoms with E-state index in [4.69, 9.17) is 0 Å². The first-order valence-corrected chi connectivity index (χ1v) is 5.00. The number of aromatic amines is 1. The quantitative estimate of drug-likeness (QED) is 0.723. The molecule has 17 heavy (non-hydrogen) atoms. The standard InChI is InChI=1S/C10H12N4O3/c1-6-8(15)12-10(17)14(9(6)16)5-7-3-4-11-13(7)2/h3-4,16H,5H2,1-2H3,(H,12,15,17). The molecule has 0 fully saturated rings. The Morgan fingerprint density at radius 3 is 2.76 bits per heavy atom. The zero-order chi connectivity index (χ0) is 12.6. The van der Waals surface area contributed by atoms with Crippen molar-refractivity contribution in [3.05, 3.63) is 44.4 Å². The van der Waals surface area contributed by atoms with E-state index < -0.39 is 11.2 Å². The predicted molar refractivity (Wildman–Crippen MR) is 60.0 cm³/mol. The van der Waals surface area contributed by atoms with Crippen molar-refractivity contribution in [2.75, 3.05) is 0 Å². The lowest BCUT2D eigenvalue weighted by molar-refractivity contribution is 0.401. The first-order valence-electron chi connectivity index (χ1n) is 5.00. The number of aryl methyl sites for hydroxylation is 1. The van der Waals surface area contributed by atoms with Gasteiger partial charge in [-0.2, -0.15) is 5.10 Å². The second-order valence-electron chi connectivity index (χ2n) is 3.74. The van der Waals surface area contributed by atoms with Crippen LogP contribution >= 0.6 is 0 Å². The molecule has 0 unspecified atom stereocenters. The fourth-order valence-corrected chi connectivity index (χ4v) is 1.52. The molecule has 90 valence electrons. The molecule has 0 aromatic carbocycles. The molecule has 0 aliphatic heterocycles. The molecule has 2 rings (SSSR count). The zero-order valence-electron chi connectivity index (χ0n) is 9.47. The van der Waals surface area contributed by atoms with Crippen molar-refractivity contribution < 1.29 is 5.11 Å². The van der Waals surface area contributed by atoms with E-state index in [-0.39, 0.29) is 18.0 Å². The lowest BCUT2D eigenvalue weighted by atomic mass is 10.3. The normalized spacial score (nSPS) is 10.7. The molecular weight excluding hydrogens is 224 g/mol. The van der Waals surface area contributed by atoms with Crippen LogP contribution in [-0.4, -0.2) is 24.4 Å². The molecule has 2 N–H and O–H groups in total. The van der Waals surface area contributed by atoms with Gasteiger partial charge in [-0.3, -0.25) is 19.0 Å². The minimum atomic E-state index is -0.640. The lowest BCUT2D eigenvalue weighted by Gasteiger charge is -2.09. The molecule has 2 aromatic heterocycles. The molecular formula is C10H12N4O3.